The fourth-order valence-corrected chi connectivity index (χ4v) is 1.85. The standard InChI is InChI=1S/C14H12ClN3O6/c15-9-3-4-12(11(6-9)18(21)22)24-8-13(19)17-14(20)16-7-10-2-1-5-23-10/h1-6H,7-8H2,(H2,16,17,19,20). The molecular formula is C14H12ClN3O6. The fraction of sp³-hybridized carbons (Fsp3) is 0.143. The van der Waals surface area contributed by atoms with E-state index in [2.05, 4.69) is 5.32 Å². The Balaban J connectivity index is 1.82. The van der Waals surface area contributed by atoms with Crippen LogP contribution in [0.4, 0.5) is 10.5 Å². The number of hydrogen-bond donors (Lipinski definition) is 2. The summed E-state index contributed by atoms with van der Waals surface area (Å²) < 4.78 is 10.1. The summed E-state index contributed by atoms with van der Waals surface area (Å²) in [6, 6.07) is 6.33. The minimum absolute atomic E-state index is 0.107. The van der Waals surface area contributed by atoms with E-state index in [0.717, 1.165) is 6.07 Å². The summed E-state index contributed by atoms with van der Waals surface area (Å²) in [6.07, 6.45) is 1.45. The lowest BCUT2D eigenvalue weighted by Gasteiger charge is -2.08. The van der Waals surface area contributed by atoms with Crippen LogP contribution >= 0.6 is 11.6 Å². The summed E-state index contributed by atoms with van der Waals surface area (Å²) in [5.41, 5.74) is -0.377. The Morgan fingerprint density at radius 1 is 1.33 bits per heavy atom. The van der Waals surface area contributed by atoms with Gasteiger partial charge in [-0.3, -0.25) is 20.2 Å². The predicted octanol–water partition coefficient (Wildman–Crippen LogP) is 2.25. The summed E-state index contributed by atoms with van der Waals surface area (Å²) in [6.45, 7) is -0.466. The maximum absolute atomic E-state index is 11.6. The highest BCUT2D eigenvalue weighted by molar-refractivity contribution is 6.30. The van der Waals surface area contributed by atoms with Crippen LogP contribution in [0.25, 0.3) is 0 Å². The van der Waals surface area contributed by atoms with Crippen LogP contribution in [-0.4, -0.2) is 23.5 Å². The van der Waals surface area contributed by atoms with Crippen LogP contribution < -0.4 is 15.4 Å². The zero-order valence-electron chi connectivity index (χ0n) is 12.2. The second kappa shape index (κ2) is 7.97. The van der Waals surface area contributed by atoms with Gasteiger partial charge in [0, 0.05) is 11.1 Å². The number of furan rings is 1. The van der Waals surface area contributed by atoms with Crippen LogP contribution in [0.3, 0.4) is 0 Å². The Hall–Kier alpha value is -3.07. The SMILES string of the molecule is O=C(COc1ccc(Cl)cc1[N+](=O)[O-])NC(=O)NCc1ccco1. The molecule has 24 heavy (non-hydrogen) atoms. The van der Waals surface area contributed by atoms with Gasteiger partial charge >= 0.3 is 11.7 Å². The van der Waals surface area contributed by atoms with Gasteiger partial charge < -0.3 is 14.5 Å². The van der Waals surface area contributed by atoms with Crippen molar-refractivity contribution in [2.75, 3.05) is 6.61 Å². The summed E-state index contributed by atoms with van der Waals surface area (Å²) in [5.74, 6) is -0.377. The van der Waals surface area contributed by atoms with Gasteiger partial charge in [0.2, 0.25) is 0 Å². The van der Waals surface area contributed by atoms with Gasteiger partial charge in [-0.1, -0.05) is 11.6 Å². The number of ether oxygens (including phenoxy) is 1. The van der Waals surface area contributed by atoms with Crippen molar-refractivity contribution in [3.8, 4) is 5.75 Å². The van der Waals surface area contributed by atoms with E-state index in [9.17, 15) is 19.7 Å². The molecule has 0 radical (unpaired) electrons. The van der Waals surface area contributed by atoms with E-state index >= 15 is 0 Å². The van der Waals surface area contributed by atoms with Crippen molar-refractivity contribution in [1.82, 2.24) is 10.6 Å². The highest BCUT2D eigenvalue weighted by atomic mass is 35.5. The largest absolute Gasteiger partial charge is 0.477 e. The number of nitrogens with one attached hydrogen (secondary N) is 2. The summed E-state index contributed by atoms with van der Waals surface area (Å²) in [4.78, 5) is 33.3. The average molecular weight is 354 g/mol. The first-order chi connectivity index (χ1) is 11.5. The van der Waals surface area contributed by atoms with Crippen molar-refractivity contribution in [3.05, 3.63) is 57.5 Å². The van der Waals surface area contributed by atoms with E-state index in [1.165, 1.54) is 18.4 Å². The summed E-state index contributed by atoms with van der Waals surface area (Å²) in [5, 5.41) is 15.5. The van der Waals surface area contributed by atoms with Gasteiger partial charge in [-0.2, -0.15) is 0 Å². The molecule has 0 spiro atoms. The number of carbonyl (C=O) groups excluding carboxylic acids is 2. The van der Waals surface area contributed by atoms with Crippen LogP contribution in [0.2, 0.25) is 5.02 Å². The van der Waals surface area contributed by atoms with Gasteiger partial charge in [-0.05, 0) is 24.3 Å². The number of nitro benzene ring substituents is 1. The van der Waals surface area contributed by atoms with Gasteiger partial charge in [0.25, 0.3) is 5.91 Å². The molecule has 10 heteroatoms. The molecular weight excluding hydrogens is 342 g/mol. The third-order valence-corrected chi connectivity index (χ3v) is 2.97. The van der Waals surface area contributed by atoms with E-state index in [0.29, 0.717) is 5.76 Å². The first kappa shape index (κ1) is 17.3. The zero-order valence-corrected chi connectivity index (χ0v) is 12.9. The highest BCUT2D eigenvalue weighted by Gasteiger charge is 2.17. The molecule has 0 saturated carbocycles. The van der Waals surface area contributed by atoms with Crippen LogP contribution in [0.1, 0.15) is 5.76 Å². The quantitative estimate of drug-likeness (QED) is 0.606. The first-order valence-corrected chi connectivity index (χ1v) is 7.00. The normalized spacial score (nSPS) is 10.0. The van der Waals surface area contributed by atoms with E-state index in [-0.39, 0.29) is 23.0 Å². The van der Waals surface area contributed by atoms with Gasteiger partial charge in [0.1, 0.15) is 5.76 Å². The van der Waals surface area contributed by atoms with Crippen LogP contribution in [0.15, 0.2) is 41.0 Å². The van der Waals surface area contributed by atoms with Crippen molar-refractivity contribution in [2.45, 2.75) is 6.54 Å². The highest BCUT2D eigenvalue weighted by Crippen LogP contribution is 2.29. The Labute approximate surface area is 140 Å². The number of hydrogen-bond acceptors (Lipinski definition) is 6. The second-order valence-corrected chi connectivity index (χ2v) is 4.90. The molecule has 126 valence electrons. The third kappa shape index (κ3) is 4.99. The molecule has 0 bridgehead atoms. The number of rotatable bonds is 6. The molecule has 3 amide bonds. The van der Waals surface area contributed by atoms with Crippen LogP contribution in [0, 0.1) is 10.1 Å². The van der Waals surface area contributed by atoms with Crippen LogP contribution in [-0.2, 0) is 11.3 Å². The lowest BCUT2D eigenvalue weighted by molar-refractivity contribution is -0.385. The number of halogens is 1. The number of amides is 3. The topological polar surface area (TPSA) is 124 Å². The van der Waals surface area contributed by atoms with Crippen LogP contribution in [0.5, 0.6) is 5.75 Å². The molecule has 0 unspecified atom stereocenters. The average Bonchev–Trinajstić information content (AvgIpc) is 3.05. The molecule has 0 aliphatic carbocycles. The lowest BCUT2D eigenvalue weighted by Crippen LogP contribution is -2.41. The van der Waals surface area contributed by atoms with Crippen molar-refractivity contribution < 1.29 is 23.7 Å². The second-order valence-electron chi connectivity index (χ2n) is 4.47. The monoisotopic (exact) mass is 353 g/mol. The number of benzene rings is 1. The van der Waals surface area contributed by atoms with Crippen molar-refractivity contribution in [2.24, 2.45) is 0 Å². The van der Waals surface area contributed by atoms with Crippen molar-refractivity contribution in [3.63, 3.8) is 0 Å². The maximum atomic E-state index is 11.6. The Bertz CT molecular complexity index is 747. The molecule has 1 aromatic heterocycles. The predicted molar refractivity (Wildman–Crippen MR) is 82.7 cm³/mol. The fourth-order valence-electron chi connectivity index (χ4n) is 1.69. The number of urea groups is 1. The minimum Gasteiger partial charge on any atom is -0.477 e. The molecule has 2 N–H and O–H groups in total. The van der Waals surface area contributed by atoms with Gasteiger partial charge in [0.05, 0.1) is 17.7 Å². The van der Waals surface area contributed by atoms with Gasteiger partial charge in [-0.25, -0.2) is 4.79 Å². The molecule has 9 nitrogen and oxygen atoms in total. The molecule has 2 aromatic rings. The Kier molecular flexibility index (Phi) is 5.74. The third-order valence-electron chi connectivity index (χ3n) is 2.73. The zero-order chi connectivity index (χ0) is 17.5. The van der Waals surface area contributed by atoms with Gasteiger partial charge in [-0.15, -0.1) is 0 Å². The summed E-state index contributed by atoms with van der Waals surface area (Å²) in [7, 11) is 0. The number of carbonyl (C=O) groups is 2. The van der Waals surface area contributed by atoms with E-state index in [4.69, 9.17) is 20.8 Å². The molecule has 0 aliphatic heterocycles. The molecule has 2 rings (SSSR count). The maximum Gasteiger partial charge on any atom is 0.321 e. The van der Waals surface area contributed by atoms with E-state index < -0.39 is 23.5 Å². The molecule has 0 aliphatic rings. The van der Waals surface area contributed by atoms with Crippen molar-refractivity contribution in [1.29, 1.82) is 0 Å². The Morgan fingerprint density at radius 2 is 2.12 bits per heavy atom. The molecule has 0 atom stereocenters. The first-order valence-electron chi connectivity index (χ1n) is 6.62. The Morgan fingerprint density at radius 3 is 2.79 bits per heavy atom. The molecule has 0 fully saturated rings. The molecule has 1 heterocycles. The molecule has 0 saturated heterocycles. The van der Waals surface area contributed by atoms with Gasteiger partial charge in [0.15, 0.2) is 12.4 Å². The lowest BCUT2D eigenvalue weighted by atomic mass is 10.3. The number of nitro groups is 1. The van der Waals surface area contributed by atoms with E-state index in [1.54, 1.807) is 12.1 Å². The number of nitrogens with zero attached hydrogens (tertiary/aromatic N) is 1. The number of imide groups is 1. The van der Waals surface area contributed by atoms with E-state index in [1.807, 2.05) is 5.32 Å². The smallest absolute Gasteiger partial charge is 0.321 e. The molecule has 1 aromatic carbocycles. The summed E-state index contributed by atoms with van der Waals surface area (Å²) >= 11 is 5.67. The minimum atomic E-state index is -0.767. The van der Waals surface area contributed by atoms with Crippen molar-refractivity contribution >= 4 is 29.2 Å².